The quantitative estimate of drug-likeness (QED) is 0.412. The summed E-state index contributed by atoms with van der Waals surface area (Å²) in [5.41, 5.74) is 2.97. The normalized spacial score (nSPS) is 16.3. The Morgan fingerprint density at radius 3 is 2.71 bits per heavy atom. The zero-order chi connectivity index (χ0) is 24.2. The van der Waals surface area contributed by atoms with Gasteiger partial charge in [0.1, 0.15) is 5.82 Å². The lowest BCUT2D eigenvalue weighted by atomic mass is 9.97. The number of benzene rings is 2. The maximum Gasteiger partial charge on any atom is 0.241 e. The Morgan fingerprint density at radius 1 is 1.17 bits per heavy atom. The number of hydrogen-bond donors (Lipinski definition) is 1. The molecule has 0 aliphatic carbocycles. The maximum atomic E-state index is 12.9. The molecule has 0 saturated carbocycles. The fourth-order valence-electron chi connectivity index (χ4n) is 4.40. The Morgan fingerprint density at radius 2 is 1.97 bits per heavy atom. The van der Waals surface area contributed by atoms with E-state index in [1.807, 2.05) is 54.1 Å². The Kier molecular flexibility index (Phi) is 6.92. The van der Waals surface area contributed by atoms with E-state index in [4.69, 9.17) is 16.1 Å². The molecule has 5 rings (SSSR count). The molecule has 1 amide bonds. The van der Waals surface area contributed by atoms with Crippen molar-refractivity contribution in [2.75, 3.05) is 13.1 Å². The van der Waals surface area contributed by atoms with Gasteiger partial charge in [0.25, 0.3) is 0 Å². The van der Waals surface area contributed by atoms with Crippen LogP contribution in [0.25, 0.3) is 17.1 Å². The van der Waals surface area contributed by atoms with Crippen molar-refractivity contribution in [3.8, 4) is 17.1 Å². The van der Waals surface area contributed by atoms with Gasteiger partial charge in [-0.25, -0.2) is 4.98 Å². The van der Waals surface area contributed by atoms with Crippen LogP contribution in [0.4, 0.5) is 0 Å². The van der Waals surface area contributed by atoms with Gasteiger partial charge in [-0.2, -0.15) is 4.98 Å². The molecule has 1 N–H and O–H groups in total. The SMILES string of the molecule is Cc1nccn1-c1ccc(CNC(=O)C2CCCN(Cc3nc(-c4ccc(Cl)cc4)no3)C2)cc1. The molecule has 0 spiro atoms. The summed E-state index contributed by atoms with van der Waals surface area (Å²) in [6, 6.07) is 15.5. The van der Waals surface area contributed by atoms with E-state index >= 15 is 0 Å². The molecule has 1 aliphatic heterocycles. The predicted molar refractivity (Wildman–Crippen MR) is 133 cm³/mol. The minimum absolute atomic E-state index is 0.0599. The van der Waals surface area contributed by atoms with Crippen LogP contribution in [0, 0.1) is 12.8 Å². The van der Waals surface area contributed by atoms with Crippen LogP contribution in [0.15, 0.2) is 65.4 Å². The molecule has 1 saturated heterocycles. The second-order valence-corrected chi connectivity index (χ2v) is 9.26. The van der Waals surface area contributed by atoms with Gasteiger partial charge in [0, 0.05) is 41.8 Å². The largest absolute Gasteiger partial charge is 0.352 e. The fourth-order valence-corrected chi connectivity index (χ4v) is 4.52. The van der Waals surface area contributed by atoms with Crippen LogP contribution < -0.4 is 5.32 Å². The van der Waals surface area contributed by atoms with E-state index in [0.29, 0.717) is 36.4 Å². The molecule has 180 valence electrons. The second-order valence-electron chi connectivity index (χ2n) is 8.82. The summed E-state index contributed by atoms with van der Waals surface area (Å²) in [5.74, 6) is 2.04. The number of aryl methyl sites for hydroxylation is 1. The van der Waals surface area contributed by atoms with Crippen molar-refractivity contribution in [3.05, 3.63) is 83.2 Å². The van der Waals surface area contributed by atoms with Gasteiger partial charge < -0.3 is 14.4 Å². The van der Waals surface area contributed by atoms with Gasteiger partial charge in [0.15, 0.2) is 0 Å². The highest BCUT2D eigenvalue weighted by Crippen LogP contribution is 2.22. The first-order valence-electron chi connectivity index (χ1n) is 11.7. The van der Waals surface area contributed by atoms with E-state index in [9.17, 15) is 4.79 Å². The summed E-state index contributed by atoms with van der Waals surface area (Å²) in [6.45, 7) is 4.58. The van der Waals surface area contributed by atoms with Gasteiger partial charge >= 0.3 is 0 Å². The Labute approximate surface area is 208 Å². The van der Waals surface area contributed by atoms with Crippen molar-refractivity contribution >= 4 is 17.5 Å². The first-order chi connectivity index (χ1) is 17.0. The monoisotopic (exact) mass is 490 g/mol. The molecule has 1 aliphatic rings. The van der Waals surface area contributed by atoms with Gasteiger partial charge in [-0.15, -0.1) is 0 Å². The molecule has 35 heavy (non-hydrogen) atoms. The molecule has 4 aromatic rings. The third-order valence-electron chi connectivity index (χ3n) is 6.31. The molecule has 1 fully saturated rings. The standard InChI is InChI=1S/C26H27ClN6O2/c1-18-28-12-14-33(18)23-10-4-19(5-11-23)15-29-26(34)21-3-2-13-32(16-21)17-24-30-25(31-35-24)20-6-8-22(27)9-7-20/h4-12,14,21H,2-3,13,15-17H2,1H3,(H,29,34). The molecule has 2 aromatic heterocycles. The zero-order valence-electron chi connectivity index (χ0n) is 19.5. The van der Waals surface area contributed by atoms with Crippen LogP contribution in [0.3, 0.4) is 0 Å². The summed E-state index contributed by atoms with van der Waals surface area (Å²) in [5, 5.41) is 7.85. The van der Waals surface area contributed by atoms with Crippen molar-refractivity contribution < 1.29 is 9.32 Å². The zero-order valence-corrected chi connectivity index (χ0v) is 20.3. The van der Waals surface area contributed by atoms with Crippen LogP contribution in [-0.4, -0.2) is 43.6 Å². The number of nitrogens with one attached hydrogen (secondary N) is 1. The summed E-state index contributed by atoms with van der Waals surface area (Å²) >= 11 is 5.95. The minimum Gasteiger partial charge on any atom is -0.352 e. The molecule has 8 nitrogen and oxygen atoms in total. The number of carbonyl (C=O) groups is 1. The summed E-state index contributed by atoms with van der Waals surface area (Å²) < 4.78 is 7.48. The predicted octanol–water partition coefficient (Wildman–Crippen LogP) is 4.41. The van der Waals surface area contributed by atoms with Gasteiger partial charge in [0.2, 0.25) is 17.6 Å². The number of carbonyl (C=O) groups excluding carboxylic acids is 1. The van der Waals surface area contributed by atoms with Gasteiger partial charge in [-0.1, -0.05) is 28.9 Å². The molecule has 9 heteroatoms. The minimum atomic E-state index is -0.0599. The fraction of sp³-hybridized carbons (Fsp3) is 0.308. The number of amides is 1. The number of likely N-dealkylation sites (tertiary alicyclic amines) is 1. The van der Waals surface area contributed by atoms with E-state index in [2.05, 4.69) is 25.3 Å². The highest BCUT2D eigenvalue weighted by Gasteiger charge is 2.26. The van der Waals surface area contributed by atoms with Crippen LogP contribution in [0.2, 0.25) is 5.02 Å². The summed E-state index contributed by atoms with van der Waals surface area (Å²) in [7, 11) is 0. The van der Waals surface area contributed by atoms with Crippen LogP contribution in [0.1, 0.15) is 30.1 Å². The molecule has 1 unspecified atom stereocenters. The summed E-state index contributed by atoms with van der Waals surface area (Å²) in [6.07, 6.45) is 5.55. The Bertz CT molecular complexity index is 1280. The molecule has 0 bridgehead atoms. The smallest absolute Gasteiger partial charge is 0.241 e. The number of rotatable bonds is 7. The van der Waals surface area contributed by atoms with Crippen LogP contribution in [-0.2, 0) is 17.9 Å². The average Bonchev–Trinajstić information content (AvgIpc) is 3.52. The molecular weight excluding hydrogens is 464 g/mol. The lowest BCUT2D eigenvalue weighted by molar-refractivity contribution is -0.127. The number of piperidine rings is 1. The molecule has 1 atom stereocenters. The number of aromatic nitrogens is 4. The topological polar surface area (TPSA) is 89.1 Å². The number of halogens is 1. The first-order valence-corrected chi connectivity index (χ1v) is 12.1. The van der Waals surface area contributed by atoms with Crippen LogP contribution >= 0.6 is 11.6 Å². The molecule has 0 radical (unpaired) electrons. The van der Waals surface area contributed by atoms with E-state index in [1.165, 1.54) is 0 Å². The lowest BCUT2D eigenvalue weighted by Gasteiger charge is -2.30. The number of nitrogens with zero attached hydrogens (tertiary/aromatic N) is 5. The Hall–Kier alpha value is -3.49. The van der Waals surface area contributed by atoms with Crippen molar-refractivity contribution in [3.63, 3.8) is 0 Å². The molecule has 2 aromatic carbocycles. The molecular formula is C26H27ClN6O2. The Balaban J connectivity index is 1.13. The van der Waals surface area contributed by atoms with E-state index in [0.717, 1.165) is 42.0 Å². The number of hydrogen-bond acceptors (Lipinski definition) is 6. The van der Waals surface area contributed by atoms with Crippen molar-refractivity contribution in [2.45, 2.75) is 32.9 Å². The molecule has 3 heterocycles. The van der Waals surface area contributed by atoms with Crippen molar-refractivity contribution in [1.29, 1.82) is 0 Å². The highest BCUT2D eigenvalue weighted by atomic mass is 35.5. The van der Waals surface area contributed by atoms with Gasteiger partial charge in [-0.05, 0) is 68.3 Å². The third kappa shape index (κ3) is 5.61. The first kappa shape index (κ1) is 23.3. The lowest BCUT2D eigenvalue weighted by Crippen LogP contribution is -2.42. The third-order valence-corrected chi connectivity index (χ3v) is 6.56. The van der Waals surface area contributed by atoms with Crippen molar-refractivity contribution in [2.24, 2.45) is 5.92 Å². The van der Waals surface area contributed by atoms with Gasteiger partial charge in [-0.3, -0.25) is 9.69 Å². The van der Waals surface area contributed by atoms with E-state index in [-0.39, 0.29) is 11.8 Å². The highest BCUT2D eigenvalue weighted by molar-refractivity contribution is 6.30. The van der Waals surface area contributed by atoms with Crippen molar-refractivity contribution in [1.82, 2.24) is 29.9 Å². The van der Waals surface area contributed by atoms with Crippen LogP contribution in [0.5, 0.6) is 0 Å². The second kappa shape index (κ2) is 10.4. The average molecular weight is 491 g/mol. The number of imidazole rings is 1. The maximum absolute atomic E-state index is 12.9. The van der Waals surface area contributed by atoms with E-state index in [1.54, 1.807) is 18.3 Å². The van der Waals surface area contributed by atoms with E-state index < -0.39 is 0 Å². The van der Waals surface area contributed by atoms with Gasteiger partial charge in [0.05, 0.1) is 12.5 Å². The summed E-state index contributed by atoms with van der Waals surface area (Å²) in [4.78, 5) is 23.8.